The van der Waals surface area contributed by atoms with Crippen LogP contribution in [0.2, 0.25) is 5.28 Å². The molecule has 19 heavy (non-hydrogen) atoms. The van der Waals surface area contributed by atoms with Gasteiger partial charge < -0.3 is 4.74 Å². The van der Waals surface area contributed by atoms with Crippen molar-refractivity contribution in [3.63, 3.8) is 0 Å². The summed E-state index contributed by atoms with van der Waals surface area (Å²) in [5, 5.41) is 14.1. The summed E-state index contributed by atoms with van der Waals surface area (Å²) in [4.78, 5) is 8.08. The summed E-state index contributed by atoms with van der Waals surface area (Å²) in [6.07, 6.45) is 2.83. The van der Waals surface area contributed by atoms with Crippen molar-refractivity contribution >= 4 is 38.6 Å². The molecule has 0 aromatic carbocycles. The number of halogens is 2. The van der Waals surface area contributed by atoms with E-state index in [9.17, 15) is 0 Å². The average Bonchev–Trinajstić information content (AvgIpc) is 2.76. The van der Waals surface area contributed by atoms with Crippen LogP contribution in [0.5, 0.6) is 0 Å². The van der Waals surface area contributed by atoms with Gasteiger partial charge in [-0.25, -0.2) is 9.67 Å². The van der Waals surface area contributed by atoms with Crippen molar-refractivity contribution in [3.8, 4) is 6.07 Å². The van der Waals surface area contributed by atoms with Crippen LogP contribution < -0.4 is 0 Å². The normalized spacial score (nSPS) is 19.5. The van der Waals surface area contributed by atoms with Crippen LogP contribution in [0.15, 0.2) is 4.60 Å². The molecular formula is C11H9BrClN5O. The van der Waals surface area contributed by atoms with E-state index >= 15 is 0 Å². The van der Waals surface area contributed by atoms with Gasteiger partial charge in [-0.3, -0.25) is 0 Å². The summed E-state index contributed by atoms with van der Waals surface area (Å²) >= 11 is 9.19. The van der Waals surface area contributed by atoms with E-state index in [1.54, 1.807) is 4.68 Å². The Balaban J connectivity index is 2.21. The third-order valence-corrected chi connectivity index (χ3v) is 3.74. The van der Waals surface area contributed by atoms with E-state index in [0.717, 1.165) is 19.3 Å². The largest absolute Gasteiger partial charge is 0.356 e. The van der Waals surface area contributed by atoms with Crippen LogP contribution in [-0.2, 0) is 4.74 Å². The van der Waals surface area contributed by atoms with Gasteiger partial charge in [-0.05, 0) is 46.8 Å². The number of nitriles is 1. The predicted octanol–water partition coefficient (Wildman–Crippen LogP) is 2.81. The van der Waals surface area contributed by atoms with Gasteiger partial charge in [-0.15, -0.1) is 0 Å². The molecule has 1 saturated heterocycles. The smallest absolute Gasteiger partial charge is 0.225 e. The first kappa shape index (κ1) is 12.8. The fourth-order valence-electron chi connectivity index (χ4n) is 2.17. The molecule has 0 radical (unpaired) electrons. The van der Waals surface area contributed by atoms with Crippen molar-refractivity contribution in [2.24, 2.45) is 0 Å². The minimum atomic E-state index is -0.167. The predicted molar refractivity (Wildman–Crippen MR) is 71.6 cm³/mol. The molecule has 1 fully saturated rings. The van der Waals surface area contributed by atoms with Crippen molar-refractivity contribution in [1.82, 2.24) is 19.7 Å². The lowest BCUT2D eigenvalue weighted by atomic mass is 10.2. The van der Waals surface area contributed by atoms with Crippen LogP contribution in [0.4, 0.5) is 0 Å². The summed E-state index contributed by atoms with van der Waals surface area (Å²) in [6, 6.07) is 2.01. The molecule has 0 aliphatic carbocycles. The Kier molecular flexibility index (Phi) is 3.39. The molecule has 0 amide bonds. The van der Waals surface area contributed by atoms with Crippen LogP contribution in [0.25, 0.3) is 11.0 Å². The topological polar surface area (TPSA) is 76.6 Å². The molecule has 8 heteroatoms. The standard InChI is InChI=1S/C11H9BrClN5O/c12-9-8-6(5-14)15-11(13)16-10(8)18(17-9)7-3-1-2-4-19-7/h7H,1-4H2. The van der Waals surface area contributed by atoms with Gasteiger partial charge in [0.25, 0.3) is 0 Å². The van der Waals surface area contributed by atoms with Crippen LogP contribution in [-0.4, -0.2) is 26.4 Å². The minimum Gasteiger partial charge on any atom is -0.356 e. The summed E-state index contributed by atoms with van der Waals surface area (Å²) in [7, 11) is 0. The first-order valence-corrected chi connectivity index (χ1v) is 7.00. The van der Waals surface area contributed by atoms with Gasteiger partial charge in [-0.1, -0.05) is 0 Å². The van der Waals surface area contributed by atoms with E-state index in [-0.39, 0.29) is 17.2 Å². The highest BCUT2D eigenvalue weighted by atomic mass is 79.9. The first-order chi connectivity index (χ1) is 9.20. The van der Waals surface area contributed by atoms with Crippen molar-refractivity contribution in [3.05, 3.63) is 15.6 Å². The van der Waals surface area contributed by atoms with Crippen LogP contribution >= 0.6 is 27.5 Å². The first-order valence-electron chi connectivity index (χ1n) is 5.83. The van der Waals surface area contributed by atoms with Gasteiger partial charge >= 0.3 is 0 Å². The molecule has 3 heterocycles. The van der Waals surface area contributed by atoms with E-state index in [0.29, 0.717) is 22.2 Å². The number of fused-ring (bicyclic) bond motifs is 1. The van der Waals surface area contributed by atoms with Gasteiger partial charge in [-0.2, -0.15) is 15.3 Å². The quantitative estimate of drug-likeness (QED) is 0.745. The zero-order valence-electron chi connectivity index (χ0n) is 9.81. The van der Waals surface area contributed by atoms with Crippen LogP contribution in [0.1, 0.15) is 31.2 Å². The summed E-state index contributed by atoms with van der Waals surface area (Å²) in [5.74, 6) is 0. The van der Waals surface area contributed by atoms with Crippen LogP contribution in [0.3, 0.4) is 0 Å². The molecule has 2 aromatic rings. The fraction of sp³-hybridized carbons (Fsp3) is 0.455. The third-order valence-electron chi connectivity index (χ3n) is 3.02. The van der Waals surface area contributed by atoms with Gasteiger partial charge in [0, 0.05) is 6.61 Å². The number of aromatic nitrogens is 4. The monoisotopic (exact) mass is 341 g/mol. The highest BCUT2D eigenvalue weighted by molar-refractivity contribution is 9.10. The maximum absolute atomic E-state index is 9.12. The van der Waals surface area contributed by atoms with Gasteiger partial charge in [0.05, 0.1) is 5.39 Å². The number of ether oxygens (including phenoxy) is 1. The van der Waals surface area contributed by atoms with E-state index in [4.69, 9.17) is 21.6 Å². The Morgan fingerprint density at radius 3 is 2.95 bits per heavy atom. The number of hydrogen-bond acceptors (Lipinski definition) is 5. The molecule has 1 atom stereocenters. The van der Waals surface area contributed by atoms with Crippen molar-refractivity contribution in [1.29, 1.82) is 5.26 Å². The van der Waals surface area contributed by atoms with E-state index in [1.807, 2.05) is 6.07 Å². The minimum absolute atomic E-state index is 0.0357. The number of nitrogens with zero attached hydrogens (tertiary/aromatic N) is 5. The van der Waals surface area contributed by atoms with Crippen molar-refractivity contribution < 1.29 is 4.74 Å². The molecule has 1 aliphatic rings. The number of rotatable bonds is 1. The molecule has 3 rings (SSSR count). The van der Waals surface area contributed by atoms with E-state index < -0.39 is 0 Å². The molecular weight excluding hydrogens is 334 g/mol. The Morgan fingerprint density at radius 1 is 1.42 bits per heavy atom. The van der Waals surface area contributed by atoms with E-state index in [2.05, 4.69) is 31.0 Å². The zero-order chi connectivity index (χ0) is 13.4. The highest BCUT2D eigenvalue weighted by Crippen LogP contribution is 2.31. The molecule has 2 aromatic heterocycles. The maximum Gasteiger partial charge on any atom is 0.225 e. The lowest BCUT2D eigenvalue weighted by molar-refractivity contribution is -0.0371. The van der Waals surface area contributed by atoms with Crippen molar-refractivity contribution in [2.45, 2.75) is 25.5 Å². The molecule has 0 saturated carbocycles. The summed E-state index contributed by atoms with van der Waals surface area (Å²) < 4.78 is 7.90. The molecule has 6 nitrogen and oxygen atoms in total. The SMILES string of the molecule is N#Cc1nc(Cl)nc2c1c(Br)nn2C1CCCCO1. The second kappa shape index (κ2) is 5.04. The van der Waals surface area contributed by atoms with Gasteiger partial charge in [0.1, 0.15) is 10.7 Å². The Hall–Kier alpha value is -1.23. The molecule has 0 bridgehead atoms. The third kappa shape index (κ3) is 2.20. The molecule has 1 aliphatic heterocycles. The molecule has 1 unspecified atom stereocenters. The Labute approximate surface area is 122 Å². The second-order valence-electron chi connectivity index (χ2n) is 4.21. The molecule has 98 valence electrons. The second-order valence-corrected chi connectivity index (χ2v) is 5.30. The lowest BCUT2D eigenvalue weighted by Crippen LogP contribution is -2.19. The Bertz CT molecular complexity index is 674. The van der Waals surface area contributed by atoms with Crippen molar-refractivity contribution in [2.75, 3.05) is 6.61 Å². The van der Waals surface area contributed by atoms with E-state index in [1.165, 1.54) is 0 Å². The average molecular weight is 343 g/mol. The lowest BCUT2D eigenvalue weighted by Gasteiger charge is -2.22. The number of hydrogen-bond donors (Lipinski definition) is 0. The fourth-order valence-corrected chi connectivity index (χ4v) is 2.87. The molecule has 0 spiro atoms. The Morgan fingerprint density at radius 2 is 2.26 bits per heavy atom. The van der Waals surface area contributed by atoms with Crippen LogP contribution in [0, 0.1) is 11.3 Å². The molecule has 0 N–H and O–H groups in total. The zero-order valence-corrected chi connectivity index (χ0v) is 12.1. The van der Waals surface area contributed by atoms with Gasteiger partial charge in [0.15, 0.2) is 17.6 Å². The maximum atomic E-state index is 9.12. The summed E-state index contributed by atoms with van der Waals surface area (Å²) in [5.41, 5.74) is 0.735. The summed E-state index contributed by atoms with van der Waals surface area (Å²) in [6.45, 7) is 0.702. The van der Waals surface area contributed by atoms with Gasteiger partial charge in [0.2, 0.25) is 5.28 Å². The highest BCUT2D eigenvalue weighted by Gasteiger charge is 2.23.